The number of imidazole rings is 1. The summed E-state index contributed by atoms with van der Waals surface area (Å²) in [5.74, 6) is -0.237. The van der Waals surface area contributed by atoms with Gasteiger partial charge in [0.05, 0.1) is 15.6 Å². The number of halogens is 3. The number of aryl methyl sites for hydroxylation is 1. The van der Waals surface area contributed by atoms with Gasteiger partial charge in [0.15, 0.2) is 0 Å². The van der Waals surface area contributed by atoms with E-state index in [0.29, 0.717) is 19.6 Å². The summed E-state index contributed by atoms with van der Waals surface area (Å²) in [5, 5.41) is 3.28. The zero-order valence-corrected chi connectivity index (χ0v) is 13.9. The molecule has 1 aliphatic rings. The molecule has 1 N–H and O–H groups in total. The Morgan fingerprint density at radius 2 is 2.17 bits per heavy atom. The van der Waals surface area contributed by atoms with Crippen LogP contribution in [0.5, 0.6) is 0 Å². The highest BCUT2D eigenvalue weighted by Crippen LogP contribution is 2.28. The summed E-state index contributed by atoms with van der Waals surface area (Å²) in [6.07, 6.45) is 3.50. The van der Waals surface area contributed by atoms with Gasteiger partial charge in [-0.15, -0.1) is 0 Å². The maximum atomic E-state index is 13.7. The molecule has 2 heterocycles. The van der Waals surface area contributed by atoms with Crippen molar-refractivity contribution in [2.45, 2.75) is 6.04 Å². The Bertz CT molecular complexity index is 749. The molecule has 0 saturated carbocycles. The molecule has 8 heteroatoms. The summed E-state index contributed by atoms with van der Waals surface area (Å²) in [5.41, 5.74) is 0.106. The van der Waals surface area contributed by atoms with Gasteiger partial charge in [-0.2, -0.15) is 0 Å². The fourth-order valence-electron chi connectivity index (χ4n) is 2.72. The van der Waals surface area contributed by atoms with Crippen molar-refractivity contribution < 1.29 is 9.18 Å². The van der Waals surface area contributed by atoms with Crippen LogP contribution in [0, 0.1) is 5.82 Å². The van der Waals surface area contributed by atoms with Crippen molar-refractivity contribution in [2.24, 2.45) is 7.05 Å². The van der Waals surface area contributed by atoms with Crippen LogP contribution in [-0.4, -0.2) is 40.0 Å². The first-order chi connectivity index (χ1) is 11.0. The van der Waals surface area contributed by atoms with E-state index in [4.69, 9.17) is 23.2 Å². The molecule has 1 aromatic carbocycles. The highest BCUT2D eigenvalue weighted by atomic mass is 35.5. The van der Waals surface area contributed by atoms with Crippen molar-refractivity contribution in [1.82, 2.24) is 19.8 Å². The minimum Gasteiger partial charge on any atom is -0.336 e. The van der Waals surface area contributed by atoms with E-state index in [2.05, 4.69) is 10.3 Å². The lowest BCUT2D eigenvalue weighted by Gasteiger charge is -2.36. The second-order valence-corrected chi connectivity index (χ2v) is 6.18. The third-order valence-electron chi connectivity index (χ3n) is 3.90. The number of rotatable bonds is 2. The molecule has 0 bridgehead atoms. The van der Waals surface area contributed by atoms with Gasteiger partial charge in [0.25, 0.3) is 5.91 Å². The average Bonchev–Trinajstić information content (AvgIpc) is 2.96. The van der Waals surface area contributed by atoms with E-state index in [1.807, 2.05) is 17.8 Å². The molecule has 0 spiro atoms. The first kappa shape index (κ1) is 16.2. The molecule has 1 fully saturated rings. The summed E-state index contributed by atoms with van der Waals surface area (Å²) in [7, 11) is 1.87. The Hall–Kier alpha value is -1.63. The second-order valence-electron chi connectivity index (χ2n) is 5.36. The van der Waals surface area contributed by atoms with Crippen LogP contribution in [-0.2, 0) is 7.05 Å². The lowest BCUT2D eigenvalue weighted by molar-refractivity contribution is 0.0620. The predicted octanol–water partition coefficient (Wildman–Crippen LogP) is 2.65. The zero-order valence-electron chi connectivity index (χ0n) is 12.4. The Morgan fingerprint density at radius 3 is 2.87 bits per heavy atom. The summed E-state index contributed by atoms with van der Waals surface area (Å²) in [4.78, 5) is 18.8. The molecule has 1 aromatic heterocycles. The fourth-order valence-corrected chi connectivity index (χ4v) is 3.18. The van der Waals surface area contributed by atoms with Gasteiger partial charge in [-0.1, -0.05) is 23.2 Å². The van der Waals surface area contributed by atoms with Crippen molar-refractivity contribution in [1.29, 1.82) is 0 Å². The van der Waals surface area contributed by atoms with Crippen LogP contribution >= 0.6 is 23.2 Å². The van der Waals surface area contributed by atoms with E-state index in [1.165, 1.54) is 6.07 Å². The van der Waals surface area contributed by atoms with Gasteiger partial charge >= 0.3 is 0 Å². The van der Waals surface area contributed by atoms with E-state index in [9.17, 15) is 9.18 Å². The number of hydrogen-bond acceptors (Lipinski definition) is 3. The average molecular weight is 357 g/mol. The number of carbonyl (C=O) groups is 1. The molecule has 1 amide bonds. The lowest BCUT2D eigenvalue weighted by atomic mass is 10.1. The third kappa shape index (κ3) is 3.06. The number of amides is 1. The topological polar surface area (TPSA) is 50.2 Å². The molecule has 1 unspecified atom stereocenters. The third-order valence-corrected chi connectivity index (χ3v) is 4.50. The van der Waals surface area contributed by atoms with Crippen LogP contribution < -0.4 is 5.32 Å². The summed E-state index contributed by atoms with van der Waals surface area (Å²) < 4.78 is 15.6. The molecule has 1 atom stereocenters. The SMILES string of the molecule is Cn1ccnc1C1CNCCN1C(=O)c1cc(F)c(Cl)cc1Cl. The van der Waals surface area contributed by atoms with Gasteiger partial charge in [-0.05, 0) is 12.1 Å². The van der Waals surface area contributed by atoms with E-state index >= 15 is 0 Å². The largest absolute Gasteiger partial charge is 0.336 e. The van der Waals surface area contributed by atoms with Gasteiger partial charge in [-0.3, -0.25) is 4.79 Å². The first-order valence-corrected chi connectivity index (χ1v) is 7.88. The number of nitrogens with zero attached hydrogens (tertiary/aromatic N) is 3. The van der Waals surface area contributed by atoms with Gasteiger partial charge in [0.1, 0.15) is 17.7 Å². The van der Waals surface area contributed by atoms with Gasteiger partial charge in [0.2, 0.25) is 0 Å². The van der Waals surface area contributed by atoms with E-state index < -0.39 is 5.82 Å². The van der Waals surface area contributed by atoms with Crippen LogP contribution in [0.25, 0.3) is 0 Å². The normalized spacial score (nSPS) is 18.3. The standard InChI is InChI=1S/C15H15Cl2FN4O/c1-21-4-3-20-14(21)13-8-19-2-5-22(13)15(23)9-6-12(18)11(17)7-10(9)16/h3-4,6-7,13,19H,2,5,8H2,1H3. The Kier molecular flexibility index (Phi) is 4.57. The molecular weight excluding hydrogens is 342 g/mol. The minimum absolute atomic E-state index is 0.104. The zero-order chi connectivity index (χ0) is 16.6. The molecule has 1 saturated heterocycles. The van der Waals surface area contributed by atoms with Crippen molar-refractivity contribution in [2.75, 3.05) is 19.6 Å². The first-order valence-electron chi connectivity index (χ1n) is 7.12. The summed E-state index contributed by atoms with van der Waals surface area (Å²) >= 11 is 11.8. The maximum absolute atomic E-state index is 13.7. The van der Waals surface area contributed by atoms with Crippen molar-refractivity contribution in [3.05, 3.63) is 51.8 Å². The Balaban J connectivity index is 1.96. The molecule has 3 rings (SSSR count). The van der Waals surface area contributed by atoms with Gasteiger partial charge in [-0.25, -0.2) is 9.37 Å². The Labute approximate surface area is 143 Å². The number of hydrogen-bond donors (Lipinski definition) is 1. The summed E-state index contributed by atoms with van der Waals surface area (Å²) in [6.45, 7) is 1.71. The van der Waals surface area contributed by atoms with Crippen LogP contribution in [0.3, 0.4) is 0 Å². The molecule has 0 aliphatic carbocycles. The lowest BCUT2D eigenvalue weighted by Crippen LogP contribution is -2.49. The molecule has 0 radical (unpaired) electrons. The monoisotopic (exact) mass is 356 g/mol. The van der Waals surface area contributed by atoms with Crippen molar-refractivity contribution in [3.63, 3.8) is 0 Å². The quantitative estimate of drug-likeness (QED) is 0.841. The van der Waals surface area contributed by atoms with Crippen molar-refractivity contribution in [3.8, 4) is 0 Å². The Morgan fingerprint density at radius 1 is 1.39 bits per heavy atom. The van der Waals surface area contributed by atoms with Crippen LogP contribution in [0.2, 0.25) is 10.0 Å². The number of benzene rings is 1. The number of aromatic nitrogens is 2. The van der Waals surface area contributed by atoms with Crippen molar-refractivity contribution >= 4 is 29.1 Å². The molecule has 5 nitrogen and oxygen atoms in total. The molecule has 2 aromatic rings. The molecular formula is C15H15Cl2FN4O. The van der Waals surface area contributed by atoms with Crippen LogP contribution in [0.1, 0.15) is 22.2 Å². The number of nitrogens with one attached hydrogen (secondary N) is 1. The smallest absolute Gasteiger partial charge is 0.256 e. The minimum atomic E-state index is -0.664. The number of piperazine rings is 1. The molecule has 122 valence electrons. The second kappa shape index (κ2) is 6.47. The van der Waals surface area contributed by atoms with E-state index in [1.54, 1.807) is 11.1 Å². The van der Waals surface area contributed by atoms with Crippen LogP contribution in [0.4, 0.5) is 4.39 Å². The van der Waals surface area contributed by atoms with Gasteiger partial charge < -0.3 is 14.8 Å². The highest BCUT2D eigenvalue weighted by molar-refractivity contribution is 6.36. The van der Waals surface area contributed by atoms with E-state index in [-0.39, 0.29) is 27.6 Å². The summed E-state index contributed by atoms with van der Waals surface area (Å²) in [6, 6.07) is 2.10. The predicted molar refractivity (Wildman–Crippen MR) is 86.3 cm³/mol. The maximum Gasteiger partial charge on any atom is 0.256 e. The molecule has 1 aliphatic heterocycles. The fraction of sp³-hybridized carbons (Fsp3) is 0.333. The highest BCUT2D eigenvalue weighted by Gasteiger charge is 2.32. The number of carbonyl (C=O) groups excluding carboxylic acids is 1. The molecule has 23 heavy (non-hydrogen) atoms. The van der Waals surface area contributed by atoms with Gasteiger partial charge in [0, 0.05) is 39.1 Å². The van der Waals surface area contributed by atoms with Crippen LogP contribution in [0.15, 0.2) is 24.5 Å². The van der Waals surface area contributed by atoms with E-state index in [0.717, 1.165) is 11.9 Å².